The van der Waals surface area contributed by atoms with Gasteiger partial charge in [-0.1, -0.05) is 30.3 Å². The lowest BCUT2D eigenvalue weighted by Gasteiger charge is -2.03. The number of nitrogens with zero attached hydrogens (tertiary/aromatic N) is 1. The van der Waals surface area contributed by atoms with Gasteiger partial charge in [0.25, 0.3) is 5.91 Å². The average molecular weight is 256 g/mol. The molecule has 5 nitrogen and oxygen atoms in total. The first-order valence-electron chi connectivity index (χ1n) is 5.57. The van der Waals surface area contributed by atoms with E-state index in [0.29, 0.717) is 0 Å². The van der Waals surface area contributed by atoms with Crippen LogP contribution in [0.3, 0.4) is 0 Å². The smallest absolute Gasteiger partial charge is 0.275 e. The summed E-state index contributed by atoms with van der Waals surface area (Å²) in [7, 11) is 0. The molecule has 0 bridgehead atoms. The van der Waals surface area contributed by atoms with Gasteiger partial charge in [-0.3, -0.25) is 4.79 Å². The number of aromatic hydroxyl groups is 2. The number of benzene rings is 2. The number of hydrazone groups is 1. The first-order valence-corrected chi connectivity index (χ1v) is 5.57. The van der Waals surface area contributed by atoms with E-state index in [2.05, 4.69) is 10.5 Å². The lowest BCUT2D eigenvalue weighted by molar-refractivity contribution is 0.0952. The largest absolute Gasteiger partial charge is 0.508 e. The second kappa shape index (κ2) is 5.68. The van der Waals surface area contributed by atoms with Crippen molar-refractivity contribution >= 4 is 12.1 Å². The van der Waals surface area contributed by atoms with Gasteiger partial charge in [-0.25, -0.2) is 5.43 Å². The van der Waals surface area contributed by atoms with Gasteiger partial charge < -0.3 is 10.2 Å². The Morgan fingerprint density at radius 3 is 2.53 bits per heavy atom. The van der Waals surface area contributed by atoms with Crippen LogP contribution in [-0.4, -0.2) is 22.3 Å². The van der Waals surface area contributed by atoms with E-state index in [4.69, 9.17) is 5.11 Å². The highest BCUT2D eigenvalue weighted by molar-refractivity contribution is 5.97. The maximum atomic E-state index is 11.7. The second-order valence-corrected chi connectivity index (χ2v) is 3.81. The zero-order valence-corrected chi connectivity index (χ0v) is 9.95. The minimum atomic E-state index is -0.551. The van der Waals surface area contributed by atoms with E-state index < -0.39 is 5.91 Å². The van der Waals surface area contributed by atoms with Gasteiger partial charge in [-0.05, 0) is 17.7 Å². The van der Waals surface area contributed by atoms with Crippen molar-refractivity contribution in [3.05, 3.63) is 59.7 Å². The Labute approximate surface area is 109 Å². The molecular weight excluding hydrogens is 244 g/mol. The molecule has 0 aliphatic heterocycles. The maximum absolute atomic E-state index is 11.7. The second-order valence-electron chi connectivity index (χ2n) is 3.81. The molecular formula is C14H12N2O3. The molecule has 0 unspecified atom stereocenters. The summed E-state index contributed by atoms with van der Waals surface area (Å²) in [4.78, 5) is 11.7. The number of phenols is 2. The Hall–Kier alpha value is -2.82. The van der Waals surface area contributed by atoms with Gasteiger partial charge in [0.05, 0.1) is 11.8 Å². The summed E-state index contributed by atoms with van der Waals surface area (Å²) >= 11 is 0. The van der Waals surface area contributed by atoms with E-state index in [1.807, 2.05) is 30.3 Å². The minimum absolute atomic E-state index is 0.0445. The van der Waals surface area contributed by atoms with Crippen LogP contribution in [0.4, 0.5) is 0 Å². The van der Waals surface area contributed by atoms with E-state index in [-0.39, 0.29) is 17.1 Å². The van der Waals surface area contributed by atoms with Crippen LogP contribution >= 0.6 is 0 Å². The lowest BCUT2D eigenvalue weighted by atomic mass is 10.2. The van der Waals surface area contributed by atoms with Gasteiger partial charge in [-0.2, -0.15) is 5.10 Å². The fourth-order valence-electron chi connectivity index (χ4n) is 1.48. The first kappa shape index (κ1) is 12.6. The predicted molar refractivity (Wildman–Crippen MR) is 71.3 cm³/mol. The Balaban J connectivity index is 2.04. The van der Waals surface area contributed by atoms with Crippen LogP contribution < -0.4 is 5.43 Å². The molecule has 5 heteroatoms. The summed E-state index contributed by atoms with van der Waals surface area (Å²) in [6.45, 7) is 0. The van der Waals surface area contributed by atoms with Crippen molar-refractivity contribution in [3.63, 3.8) is 0 Å². The summed E-state index contributed by atoms with van der Waals surface area (Å²) < 4.78 is 0. The Morgan fingerprint density at radius 2 is 1.84 bits per heavy atom. The molecule has 2 aromatic rings. The molecule has 0 saturated carbocycles. The molecule has 0 radical (unpaired) electrons. The van der Waals surface area contributed by atoms with Crippen LogP contribution in [0.15, 0.2) is 53.6 Å². The fraction of sp³-hybridized carbons (Fsp3) is 0. The molecule has 19 heavy (non-hydrogen) atoms. The van der Waals surface area contributed by atoms with Crippen molar-refractivity contribution < 1.29 is 15.0 Å². The molecule has 0 fully saturated rings. The third-order valence-electron chi connectivity index (χ3n) is 2.41. The lowest BCUT2D eigenvalue weighted by Crippen LogP contribution is -2.17. The Kier molecular flexibility index (Phi) is 3.78. The van der Waals surface area contributed by atoms with Crippen molar-refractivity contribution in [2.75, 3.05) is 0 Å². The van der Waals surface area contributed by atoms with Crippen LogP contribution in [0.2, 0.25) is 0 Å². The number of hydrogen-bond acceptors (Lipinski definition) is 4. The monoisotopic (exact) mass is 256 g/mol. The summed E-state index contributed by atoms with van der Waals surface area (Å²) in [6, 6.07) is 13.0. The molecule has 2 aromatic carbocycles. The molecule has 0 spiro atoms. The standard InChI is InChI=1S/C14H12N2O3/c17-11-6-7-12(13(18)8-11)14(19)16-15-9-10-4-2-1-3-5-10/h1-9,17-18H,(H,16,19). The molecule has 0 aliphatic carbocycles. The van der Waals surface area contributed by atoms with E-state index in [0.717, 1.165) is 11.6 Å². The van der Waals surface area contributed by atoms with Gasteiger partial charge in [0.1, 0.15) is 11.5 Å². The van der Waals surface area contributed by atoms with E-state index in [9.17, 15) is 9.90 Å². The molecule has 0 atom stereocenters. The number of hydrogen-bond donors (Lipinski definition) is 3. The highest BCUT2D eigenvalue weighted by atomic mass is 16.3. The Bertz CT molecular complexity index is 609. The molecule has 0 saturated heterocycles. The van der Waals surface area contributed by atoms with E-state index in [1.165, 1.54) is 18.3 Å². The van der Waals surface area contributed by atoms with Crippen molar-refractivity contribution in [2.45, 2.75) is 0 Å². The number of rotatable bonds is 3. The van der Waals surface area contributed by atoms with E-state index >= 15 is 0 Å². The topological polar surface area (TPSA) is 81.9 Å². The number of carbonyl (C=O) groups excluding carboxylic acids is 1. The SMILES string of the molecule is O=C(NN=Cc1ccccc1)c1ccc(O)cc1O. The highest BCUT2D eigenvalue weighted by Crippen LogP contribution is 2.22. The zero-order chi connectivity index (χ0) is 13.7. The molecule has 96 valence electrons. The van der Waals surface area contributed by atoms with Crippen LogP contribution in [-0.2, 0) is 0 Å². The van der Waals surface area contributed by atoms with Crippen LogP contribution in [0, 0.1) is 0 Å². The summed E-state index contributed by atoms with van der Waals surface area (Å²) in [5, 5.41) is 22.4. The van der Waals surface area contributed by atoms with Gasteiger partial charge in [-0.15, -0.1) is 0 Å². The maximum Gasteiger partial charge on any atom is 0.275 e. The average Bonchev–Trinajstić information content (AvgIpc) is 2.39. The minimum Gasteiger partial charge on any atom is -0.508 e. The van der Waals surface area contributed by atoms with Gasteiger partial charge in [0.2, 0.25) is 0 Å². The number of nitrogens with one attached hydrogen (secondary N) is 1. The van der Waals surface area contributed by atoms with Gasteiger partial charge >= 0.3 is 0 Å². The van der Waals surface area contributed by atoms with Crippen LogP contribution in [0.25, 0.3) is 0 Å². The number of carbonyl (C=O) groups is 1. The summed E-state index contributed by atoms with van der Waals surface area (Å²) in [6.07, 6.45) is 1.50. The third kappa shape index (κ3) is 3.32. The summed E-state index contributed by atoms with van der Waals surface area (Å²) in [5.41, 5.74) is 3.19. The van der Waals surface area contributed by atoms with Crippen molar-refractivity contribution in [1.29, 1.82) is 0 Å². The number of phenolic OH excluding ortho intramolecular Hbond substituents is 2. The number of amides is 1. The van der Waals surface area contributed by atoms with Gasteiger partial charge in [0.15, 0.2) is 0 Å². The molecule has 0 aromatic heterocycles. The quantitative estimate of drug-likeness (QED) is 0.579. The van der Waals surface area contributed by atoms with E-state index in [1.54, 1.807) is 0 Å². The summed E-state index contributed by atoms with van der Waals surface area (Å²) in [5.74, 6) is -0.959. The zero-order valence-electron chi connectivity index (χ0n) is 9.95. The molecule has 1 amide bonds. The van der Waals surface area contributed by atoms with Crippen LogP contribution in [0.5, 0.6) is 11.5 Å². The molecule has 0 heterocycles. The molecule has 0 aliphatic rings. The van der Waals surface area contributed by atoms with Crippen molar-refractivity contribution in [2.24, 2.45) is 5.10 Å². The van der Waals surface area contributed by atoms with Crippen molar-refractivity contribution in [1.82, 2.24) is 5.43 Å². The fourth-order valence-corrected chi connectivity index (χ4v) is 1.48. The molecule has 2 rings (SSSR count). The van der Waals surface area contributed by atoms with Gasteiger partial charge in [0, 0.05) is 6.07 Å². The molecule has 3 N–H and O–H groups in total. The first-order chi connectivity index (χ1) is 9.16. The normalized spacial score (nSPS) is 10.5. The predicted octanol–water partition coefficient (Wildman–Crippen LogP) is 1.86. The van der Waals surface area contributed by atoms with Crippen LogP contribution in [0.1, 0.15) is 15.9 Å². The Morgan fingerprint density at radius 1 is 1.11 bits per heavy atom. The highest BCUT2D eigenvalue weighted by Gasteiger charge is 2.10. The van der Waals surface area contributed by atoms with Crippen molar-refractivity contribution in [3.8, 4) is 11.5 Å². The third-order valence-corrected chi connectivity index (χ3v) is 2.41.